The van der Waals surface area contributed by atoms with E-state index in [1.165, 1.54) is 49.4 Å². The molecule has 0 atom stereocenters. The predicted octanol–water partition coefficient (Wildman–Crippen LogP) is 16.0. The first kappa shape index (κ1) is 37.2. The van der Waals surface area contributed by atoms with Crippen molar-refractivity contribution in [3.63, 3.8) is 0 Å². The van der Waals surface area contributed by atoms with Gasteiger partial charge in [0, 0.05) is 50.3 Å². The summed E-state index contributed by atoms with van der Waals surface area (Å²) < 4.78 is 7.12. The van der Waals surface area contributed by atoms with Gasteiger partial charge in [-0.3, -0.25) is 0 Å². The fraction of sp³-hybridized carbons (Fsp3) is 0. The lowest BCUT2D eigenvalue weighted by atomic mass is 10.1. The van der Waals surface area contributed by atoms with E-state index in [1.807, 2.05) is 0 Å². The van der Waals surface area contributed by atoms with Crippen LogP contribution in [0.1, 0.15) is 0 Å². The van der Waals surface area contributed by atoms with Gasteiger partial charge in [-0.15, -0.1) is 0 Å². The summed E-state index contributed by atoms with van der Waals surface area (Å²) in [5, 5.41) is 3.64. The zero-order valence-corrected chi connectivity index (χ0v) is 35.0. The number of aromatic nitrogens is 3. The number of hydrogen-bond donors (Lipinski definition) is 0. The van der Waals surface area contributed by atoms with Crippen LogP contribution in [0, 0.1) is 0 Å². The summed E-state index contributed by atoms with van der Waals surface area (Å²) in [6.07, 6.45) is 0. The lowest BCUT2D eigenvalue weighted by molar-refractivity contribution is 1.12. The number of anilines is 3. The Balaban J connectivity index is 0.986. The first-order chi connectivity index (χ1) is 31.7. The topological polar surface area (TPSA) is 18.0 Å². The molecular weight excluding hydrogens is 777 g/mol. The Kier molecular flexibility index (Phi) is 9.12. The van der Waals surface area contributed by atoms with Crippen molar-refractivity contribution in [1.29, 1.82) is 0 Å². The highest BCUT2D eigenvalue weighted by molar-refractivity contribution is 5.92. The van der Waals surface area contributed by atoms with Crippen LogP contribution in [0.25, 0.3) is 83.5 Å². The molecule has 0 radical (unpaired) electrons. The molecule has 3 aromatic heterocycles. The van der Waals surface area contributed by atoms with Crippen molar-refractivity contribution < 1.29 is 0 Å². The number of hydrogen-bond acceptors (Lipinski definition) is 1. The van der Waals surface area contributed by atoms with Crippen LogP contribution in [-0.4, -0.2) is 13.7 Å². The van der Waals surface area contributed by atoms with Crippen molar-refractivity contribution in [2.45, 2.75) is 0 Å². The molecule has 12 rings (SSSR count). The predicted molar refractivity (Wildman–Crippen MR) is 268 cm³/mol. The summed E-state index contributed by atoms with van der Waals surface area (Å²) in [7, 11) is 0. The van der Waals surface area contributed by atoms with Crippen molar-refractivity contribution >= 4 is 49.8 Å². The molecule has 302 valence electrons. The van der Waals surface area contributed by atoms with Crippen molar-refractivity contribution in [2.75, 3.05) is 4.90 Å². The lowest BCUT2D eigenvalue weighted by Gasteiger charge is -2.27. The van der Waals surface area contributed by atoms with Gasteiger partial charge in [0.1, 0.15) is 0 Å². The van der Waals surface area contributed by atoms with Crippen LogP contribution in [0.2, 0.25) is 0 Å². The molecule has 0 bridgehead atoms. The molecule has 0 N–H and O–H groups in total. The lowest BCUT2D eigenvalue weighted by Crippen LogP contribution is -2.11. The van der Waals surface area contributed by atoms with Crippen LogP contribution in [0.3, 0.4) is 0 Å². The maximum absolute atomic E-state index is 2.37. The first-order valence-electron chi connectivity index (χ1n) is 21.8. The van der Waals surface area contributed by atoms with Gasteiger partial charge in [0.2, 0.25) is 0 Å². The molecule has 12 aromatic rings. The summed E-state index contributed by atoms with van der Waals surface area (Å²) in [5.41, 5.74) is 17.1. The quantitative estimate of drug-likeness (QED) is 0.142. The standard InChI is InChI=1S/C60H42N4/c1-4-16-43(17-5-1)58-40-46-22-10-13-25-55(46)62(58)52-34-28-49(29-35-52)61(50-30-36-53(37-31-50)63-56-26-14-11-23-47(56)41-59(63)44-18-6-2-7-19-44)51-32-38-54(39-33-51)64-57-27-15-12-24-48(57)42-60(64)45-20-8-3-9-21-45/h1-42H. The van der Waals surface area contributed by atoms with Crippen molar-refractivity contribution in [3.05, 3.63) is 255 Å². The monoisotopic (exact) mass is 818 g/mol. The highest BCUT2D eigenvalue weighted by Crippen LogP contribution is 2.40. The van der Waals surface area contributed by atoms with Crippen LogP contribution in [0.4, 0.5) is 17.1 Å². The summed E-state index contributed by atoms with van der Waals surface area (Å²) >= 11 is 0. The molecule has 0 aliphatic carbocycles. The summed E-state index contributed by atoms with van der Waals surface area (Å²) in [4.78, 5) is 2.36. The second kappa shape index (κ2) is 15.7. The highest BCUT2D eigenvalue weighted by atomic mass is 15.1. The van der Waals surface area contributed by atoms with E-state index in [1.54, 1.807) is 0 Å². The minimum Gasteiger partial charge on any atom is -0.310 e. The molecule has 9 aromatic carbocycles. The van der Waals surface area contributed by atoms with Gasteiger partial charge in [-0.25, -0.2) is 0 Å². The van der Waals surface area contributed by atoms with Crippen LogP contribution in [-0.2, 0) is 0 Å². The summed E-state index contributed by atoms with van der Waals surface area (Å²) in [6.45, 7) is 0. The van der Waals surface area contributed by atoms with Crippen molar-refractivity contribution in [2.24, 2.45) is 0 Å². The molecule has 0 saturated heterocycles. The van der Waals surface area contributed by atoms with Gasteiger partial charge in [0.25, 0.3) is 0 Å². The third kappa shape index (κ3) is 6.48. The zero-order valence-electron chi connectivity index (χ0n) is 35.0. The molecule has 0 aliphatic rings. The maximum atomic E-state index is 2.37. The summed E-state index contributed by atoms with van der Waals surface area (Å²) in [5.74, 6) is 0. The van der Waals surface area contributed by atoms with Gasteiger partial charge in [0.05, 0.1) is 33.6 Å². The van der Waals surface area contributed by atoms with Gasteiger partial charge in [-0.05, 0) is 126 Å². The van der Waals surface area contributed by atoms with E-state index in [4.69, 9.17) is 0 Å². The van der Waals surface area contributed by atoms with Crippen LogP contribution < -0.4 is 4.90 Å². The Labute approximate surface area is 372 Å². The van der Waals surface area contributed by atoms with Gasteiger partial charge >= 0.3 is 0 Å². The summed E-state index contributed by atoms with van der Waals surface area (Å²) in [6, 6.07) is 91.8. The highest BCUT2D eigenvalue weighted by Gasteiger charge is 2.19. The molecule has 3 heterocycles. The van der Waals surface area contributed by atoms with Gasteiger partial charge < -0.3 is 18.6 Å². The van der Waals surface area contributed by atoms with E-state index in [-0.39, 0.29) is 0 Å². The van der Waals surface area contributed by atoms with Gasteiger partial charge in [0.15, 0.2) is 0 Å². The largest absolute Gasteiger partial charge is 0.310 e. The number of nitrogens with zero attached hydrogens (tertiary/aromatic N) is 4. The molecule has 0 fully saturated rings. The van der Waals surface area contributed by atoms with Crippen LogP contribution >= 0.6 is 0 Å². The van der Waals surface area contributed by atoms with Crippen molar-refractivity contribution in [1.82, 2.24) is 13.7 Å². The minimum absolute atomic E-state index is 1.06. The second-order valence-corrected chi connectivity index (χ2v) is 16.3. The van der Waals surface area contributed by atoms with E-state index in [0.717, 1.165) is 51.2 Å². The Hall–Kier alpha value is -8.60. The molecule has 4 heteroatoms. The Morgan fingerprint density at radius 1 is 0.234 bits per heavy atom. The maximum Gasteiger partial charge on any atom is 0.0540 e. The van der Waals surface area contributed by atoms with Gasteiger partial charge in [-0.1, -0.05) is 146 Å². The Morgan fingerprint density at radius 2 is 0.484 bits per heavy atom. The van der Waals surface area contributed by atoms with Crippen LogP contribution in [0.5, 0.6) is 0 Å². The molecular formula is C60H42N4. The van der Waals surface area contributed by atoms with E-state index >= 15 is 0 Å². The third-order valence-corrected chi connectivity index (χ3v) is 12.4. The van der Waals surface area contributed by atoms with Crippen molar-refractivity contribution in [3.8, 4) is 50.8 Å². The number of para-hydroxylation sites is 3. The first-order valence-corrected chi connectivity index (χ1v) is 21.8. The Bertz CT molecular complexity index is 3180. The SMILES string of the molecule is c1ccc(-c2cc3ccccc3n2-c2ccc(N(c3ccc(-n4c(-c5ccccc5)cc5ccccc54)cc3)c3ccc(-n4c(-c5ccccc5)cc5ccccc54)cc3)cc2)cc1. The van der Waals surface area contributed by atoms with E-state index in [2.05, 4.69) is 273 Å². The molecule has 4 nitrogen and oxygen atoms in total. The van der Waals surface area contributed by atoms with E-state index in [9.17, 15) is 0 Å². The van der Waals surface area contributed by atoms with Crippen LogP contribution in [0.15, 0.2) is 255 Å². The molecule has 64 heavy (non-hydrogen) atoms. The smallest absolute Gasteiger partial charge is 0.0540 e. The molecule has 0 spiro atoms. The normalized spacial score (nSPS) is 11.4. The third-order valence-electron chi connectivity index (χ3n) is 12.4. The molecule has 0 amide bonds. The fourth-order valence-corrected chi connectivity index (χ4v) is 9.46. The zero-order chi connectivity index (χ0) is 42.4. The molecule has 0 aliphatic heterocycles. The average Bonchev–Trinajstić information content (AvgIpc) is 4.08. The van der Waals surface area contributed by atoms with E-state index < -0.39 is 0 Å². The van der Waals surface area contributed by atoms with E-state index in [0.29, 0.717) is 0 Å². The number of benzene rings is 9. The minimum atomic E-state index is 1.06. The number of fused-ring (bicyclic) bond motifs is 3. The second-order valence-electron chi connectivity index (χ2n) is 16.3. The number of rotatable bonds is 9. The fourth-order valence-electron chi connectivity index (χ4n) is 9.46. The molecule has 0 saturated carbocycles. The van der Waals surface area contributed by atoms with Gasteiger partial charge in [-0.2, -0.15) is 0 Å². The average molecular weight is 819 g/mol. The molecule has 0 unspecified atom stereocenters. The Morgan fingerprint density at radius 3 is 0.766 bits per heavy atom.